The maximum atomic E-state index is 12.4. The molecule has 0 aliphatic heterocycles. The molecule has 1 atom stereocenters. The van der Waals surface area contributed by atoms with Crippen molar-refractivity contribution in [3.8, 4) is 0 Å². The van der Waals surface area contributed by atoms with Gasteiger partial charge < -0.3 is 0 Å². The Kier molecular flexibility index (Phi) is 4.29. The normalized spacial score (nSPS) is 30.5. The Morgan fingerprint density at radius 3 is 2.33 bits per heavy atom. The highest BCUT2D eigenvalue weighted by molar-refractivity contribution is 5.92. The molecule has 0 heterocycles. The topological polar surface area (TPSA) is 17.1 Å². The van der Waals surface area contributed by atoms with E-state index < -0.39 is 0 Å². The van der Waals surface area contributed by atoms with E-state index in [0.717, 1.165) is 12.8 Å². The zero-order valence-electron chi connectivity index (χ0n) is 12.3. The molecular weight excluding hydrogens is 220 g/mol. The quantitative estimate of drug-likeness (QED) is 0.603. The smallest absolute Gasteiger partial charge is 0.158 e. The van der Waals surface area contributed by atoms with E-state index in [0.29, 0.717) is 23.0 Å². The second-order valence-electron chi connectivity index (χ2n) is 7.30. The van der Waals surface area contributed by atoms with Crippen LogP contribution in [0.3, 0.4) is 0 Å². The summed E-state index contributed by atoms with van der Waals surface area (Å²) >= 11 is 0. The Morgan fingerprint density at radius 2 is 1.72 bits per heavy atom. The summed E-state index contributed by atoms with van der Waals surface area (Å²) in [6.07, 6.45) is 12.1. The maximum Gasteiger partial charge on any atom is 0.158 e. The number of allylic oxidation sites excluding steroid dienone is 2. The number of ketones is 1. The molecule has 0 unspecified atom stereocenters. The van der Waals surface area contributed by atoms with Gasteiger partial charge in [-0.15, -0.1) is 0 Å². The van der Waals surface area contributed by atoms with Crippen LogP contribution in [0.1, 0.15) is 72.1 Å². The highest BCUT2D eigenvalue weighted by Crippen LogP contribution is 2.41. The van der Waals surface area contributed by atoms with Crippen LogP contribution in [0, 0.1) is 17.3 Å². The third-order valence-electron chi connectivity index (χ3n) is 4.75. The van der Waals surface area contributed by atoms with Crippen LogP contribution in [0.5, 0.6) is 0 Å². The molecule has 0 radical (unpaired) electrons. The number of rotatable bonds is 1. The van der Waals surface area contributed by atoms with Crippen molar-refractivity contribution in [1.29, 1.82) is 0 Å². The van der Waals surface area contributed by atoms with Crippen molar-refractivity contribution < 1.29 is 4.79 Å². The highest BCUT2D eigenvalue weighted by atomic mass is 16.1. The Labute approximate surface area is 112 Å². The van der Waals surface area contributed by atoms with Gasteiger partial charge in [0.2, 0.25) is 0 Å². The van der Waals surface area contributed by atoms with E-state index in [4.69, 9.17) is 0 Å². The van der Waals surface area contributed by atoms with Gasteiger partial charge in [-0.05, 0) is 50.0 Å². The van der Waals surface area contributed by atoms with Crippen LogP contribution in [0.25, 0.3) is 0 Å². The van der Waals surface area contributed by atoms with Crippen LogP contribution < -0.4 is 0 Å². The predicted molar refractivity (Wildman–Crippen MR) is 76.5 cm³/mol. The van der Waals surface area contributed by atoms with Crippen LogP contribution >= 0.6 is 0 Å². The Hall–Kier alpha value is -0.590. The van der Waals surface area contributed by atoms with Gasteiger partial charge in [0.15, 0.2) is 5.78 Å². The number of carbonyl (C=O) groups is 1. The fourth-order valence-electron chi connectivity index (χ4n) is 4.04. The van der Waals surface area contributed by atoms with E-state index in [1.54, 1.807) is 0 Å². The maximum absolute atomic E-state index is 12.4. The molecule has 102 valence electrons. The van der Waals surface area contributed by atoms with Crippen molar-refractivity contribution in [1.82, 2.24) is 0 Å². The Morgan fingerprint density at radius 1 is 1.11 bits per heavy atom. The molecule has 0 aromatic rings. The van der Waals surface area contributed by atoms with E-state index in [9.17, 15) is 4.79 Å². The summed E-state index contributed by atoms with van der Waals surface area (Å²) in [7, 11) is 0. The average molecular weight is 248 g/mol. The molecule has 2 aliphatic carbocycles. The largest absolute Gasteiger partial charge is 0.295 e. The van der Waals surface area contributed by atoms with Gasteiger partial charge in [0, 0.05) is 5.92 Å². The van der Waals surface area contributed by atoms with Gasteiger partial charge in [-0.1, -0.05) is 45.1 Å². The van der Waals surface area contributed by atoms with Gasteiger partial charge in [0.1, 0.15) is 0 Å². The first-order valence-electron chi connectivity index (χ1n) is 7.69. The third kappa shape index (κ3) is 3.46. The molecule has 18 heavy (non-hydrogen) atoms. The summed E-state index contributed by atoms with van der Waals surface area (Å²) in [5, 5.41) is 0. The molecule has 2 rings (SSSR count). The van der Waals surface area contributed by atoms with Crippen LogP contribution in [0.2, 0.25) is 0 Å². The molecular formula is C17H28O. The molecule has 0 aromatic carbocycles. The van der Waals surface area contributed by atoms with Gasteiger partial charge in [0.25, 0.3) is 0 Å². The monoisotopic (exact) mass is 248 g/mol. The van der Waals surface area contributed by atoms with Gasteiger partial charge in [-0.2, -0.15) is 0 Å². The van der Waals surface area contributed by atoms with Crippen LogP contribution in [-0.4, -0.2) is 5.78 Å². The highest BCUT2D eigenvalue weighted by Gasteiger charge is 2.35. The summed E-state index contributed by atoms with van der Waals surface area (Å²) in [5.74, 6) is 1.38. The fraction of sp³-hybridized carbons (Fsp3) is 0.824. The minimum absolute atomic E-state index is 0.295. The van der Waals surface area contributed by atoms with Gasteiger partial charge in [0.05, 0.1) is 0 Å². The van der Waals surface area contributed by atoms with E-state index in [-0.39, 0.29) is 0 Å². The van der Waals surface area contributed by atoms with E-state index >= 15 is 0 Å². The Balaban J connectivity index is 2.16. The van der Waals surface area contributed by atoms with Crippen LogP contribution in [0.4, 0.5) is 0 Å². The van der Waals surface area contributed by atoms with Crippen molar-refractivity contribution in [2.75, 3.05) is 0 Å². The second kappa shape index (κ2) is 5.59. The van der Waals surface area contributed by atoms with E-state index in [2.05, 4.69) is 20.8 Å². The van der Waals surface area contributed by atoms with Gasteiger partial charge in [-0.25, -0.2) is 0 Å². The molecule has 0 amide bonds. The van der Waals surface area contributed by atoms with Crippen molar-refractivity contribution in [2.24, 2.45) is 17.3 Å². The lowest BCUT2D eigenvalue weighted by Gasteiger charge is -2.31. The lowest BCUT2D eigenvalue weighted by Crippen LogP contribution is -2.26. The zero-order valence-corrected chi connectivity index (χ0v) is 12.3. The summed E-state index contributed by atoms with van der Waals surface area (Å²) in [5.41, 5.74) is 1.57. The van der Waals surface area contributed by atoms with E-state index in [1.165, 1.54) is 44.1 Å². The molecule has 2 aliphatic rings. The minimum Gasteiger partial charge on any atom is -0.295 e. The summed E-state index contributed by atoms with van der Waals surface area (Å²) in [4.78, 5) is 12.4. The second-order valence-corrected chi connectivity index (χ2v) is 7.30. The fourth-order valence-corrected chi connectivity index (χ4v) is 4.04. The first-order chi connectivity index (χ1) is 8.48. The lowest BCUT2D eigenvalue weighted by molar-refractivity contribution is -0.120. The number of carbonyl (C=O) groups excluding carboxylic acids is 1. The first kappa shape index (κ1) is 13.8. The summed E-state index contributed by atoms with van der Waals surface area (Å²) in [6, 6.07) is 0. The van der Waals surface area contributed by atoms with Gasteiger partial charge in [-0.3, -0.25) is 4.79 Å². The zero-order chi connectivity index (χ0) is 13.2. The van der Waals surface area contributed by atoms with Crippen molar-refractivity contribution in [3.63, 3.8) is 0 Å². The molecule has 1 fully saturated rings. The Bertz CT molecular complexity index is 330. The number of hydrogen-bond acceptors (Lipinski definition) is 1. The molecule has 0 spiro atoms. The molecule has 1 saturated carbocycles. The molecule has 0 bridgehead atoms. The van der Waals surface area contributed by atoms with Crippen molar-refractivity contribution in [3.05, 3.63) is 11.6 Å². The SMILES string of the molecule is CC1=CC(=O)[C@@H](C2CCCCCC2)CC(C)(C)C1. The van der Waals surface area contributed by atoms with E-state index in [1.807, 2.05) is 6.08 Å². The molecule has 1 nitrogen and oxygen atoms in total. The van der Waals surface area contributed by atoms with Crippen LogP contribution in [-0.2, 0) is 4.79 Å². The molecule has 0 N–H and O–H groups in total. The van der Waals surface area contributed by atoms with Crippen molar-refractivity contribution in [2.45, 2.75) is 72.1 Å². The third-order valence-corrected chi connectivity index (χ3v) is 4.75. The van der Waals surface area contributed by atoms with Gasteiger partial charge >= 0.3 is 0 Å². The predicted octanol–water partition coefficient (Wildman–Crippen LogP) is 4.91. The molecule has 0 aromatic heterocycles. The van der Waals surface area contributed by atoms with Crippen molar-refractivity contribution >= 4 is 5.78 Å². The molecule has 1 heteroatoms. The number of hydrogen-bond donors (Lipinski definition) is 0. The first-order valence-corrected chi connectivity index (χ1v) is 7.69. The van der Waals surface area contributed by atoms with Crippen LogP contribution in [0.15, 0.2) is 11.6 Å². The average Bonchev–Trinajstić information content (AvgIpc) is 2.56. The summed E-state index contributed by atoms with van der Waals surface area (Å²) < 4.78 is 0. The molecule has 0 saturated heterocycles. The lowest BCUT2D eigenvalue weighted by atomic mass is 9.73. The summed E-state index contributed by atoms with van der Waals surface area (Å²) in [6.45, 7) is 6.77. The standard InChI is InChI=1S/C17H28O/c1-13-10-16(18)15(12-17(2,3)11-13)14-8-6-4-5-7-9-14/h10,14-15H,4-9,11-12H2,1-3H3/t15-/m1/s1. The minimum atomic E-state index is 0.295.